The molecule has 11 heavy (non-hydrogen) atoms. The summed E-state index contributed by atoms with van der Waals surface area (Å²) in [5, 5.41) is 0. The minimum absolute atomic E-state index is 1.17. The minimum atomic E-state index is 1.17. The number of rotatable bonds is 0. The van der Waals surface area contributed by atoms with Crippen molar-refractivity contribution in [2.45, 2.75) is 19.3 Å². The van der Waals surface area contributed by atoms with E-state index in [4.69, 9.17) is 0 Å². The average Bonchev–Trinajstić information content (AvgIpc) is 2.08. The summed E-state index contributed by atoms with van der Waals surface area (Å²) in [6.45, 7) is 0. The van der Waals surface area contributed by atoms with E-state index < -0.39 is 0 Å². The second kappa shape index (κ2) is 5.72. The van der Waals surface area contributed by atoms with Gasteiger partial charge in [0.1, 0.15) is 0 Å². The highest BCUT2D eigenvalue weighted by Crippen LogP contribution is 1.99. The molecule has 0 nitrogen and oxygen atoms in total. The van der Waals surface area contributed by atoms with Gasteiger partial charge in [-0.05, 0) is 25.3 Å². The topological polar surface area (TPSA) is 0 Å². The van der Waals surface area contributed by atoms with Gasteiger partial charge in [-0.2, -0.15) is 0 Å². The highest BCUT2D eigenvalue weighted by Gasteiger charge is 1.79. The summed E-state index contributed by atoms with van der Waals surface area (Å²) >= 11 is 0. The Bertz CT molecular complexity index is 170. The number of allylic oxidation sites excluding steroid dienone is 8. The predicted molar refractivity (Wildman–Crippen MR) is 49.1 cm³/mol. The maximum Gasteiger partial charge on any atom is -0.0184 e. The van der Waals surface area contributed by atoms with Gasteiger partial charge in [0.2, 0.25) is 0 Å². The molecule has 0 spiro atoms. The molecule has 1 rings (SSSR count). The molecule has 0 aromatic rings. The molecule has 57 valence electrons. The zero-order chi connectivity index (χ0) is 7.78. The van der Waals surface area contributed by atoms with Crippen LogP contribution in [0.3, 0.4) is 0 Å². The normalized spacial score (nSPS) is 29.8. The molecule has 0 aromatic heterocycles. The van der Waals surface area contributed by atoms with E-state index >= 15 is 0 Å². The van der Waals surface area contributed by atoms with Gasteiger partial charge in [-0.3, -0.25) is 0 Å². The summed E-state index contributed by atoms with van der Waals surface area (Å²) in [6, 6.07) is 0. The van der Waals surface area contributed by atoms with Gasteiger partial charge in [0, 0.05) is 0 Å². The third-order valence-corrected chi connectivity index (χ3v) is 1.51. The summed E-state index contributed by atoms with van der Waals surface area (Å²) in [5.74, 6) is 0. The molecule has 1 radical (unpaired) electrons. The lowest BCUT2D eigenvalue weighted by Gasteiger charge is -1.87. The first kappa shape index (κ1) is 8.06. The fourth-order valence-corrected chi connectivity index (χ4v) is 0.915. The van der Waals surface area contributed by atoms with Crippen LogP contribution in [0.2, 0.25) is 0 Å². The molecule has 1 aliphatic carbocycles. The van der Waals surface area contributed by atoms with Crippen molar-refractivity contribution in [3.05, 3.63) is 48.6 Å². The van der Waals surface area contributed by atoms with Crippen LogP contribution >= 0.6 is 0 Å². The Morgan fingerprint density at radius 1 is 0.909 bits per heavy atom. The fraction of sp³-hybridized carbons (Fsp3) is 0.273. The molecule has 0 saturated carbocycles. The Balaban J connectivity index is 2.47. The van der Waals surface area contributed by atoms with Gasteiger partial charge < -0.3 is 0 Å². The highest BCUT2D eigenvalue weighted by atomic mass is 13.9. The molecule has 0 unspecified atom stereocenters. The van der Waals surface area contributed by atoms with Crippen LogP contribution in [0.1, 0.15) is 19.3 Å². The Morgan fingerprint density at radius 2 is 1.73 bits per heavy atom. The van der Waals surface area contributed by atoms with Crippen molar-refractivity contribution >= 4 is 0 Å². The van der Waals surface area contributed by atoms with Crippen molar-refractivity contribution in [2.75, 3.05) is 0 Å². The van der Waals surface area contributed by atoms with Crippen molar-refractivity contribution in [3.63, 3.8) is 0 Å². The largest absolute Gasteiger partial charge is 0.0845 e. The second-order valence-electron chi connectivity index (χ2n) is 2.48. The zero-order valence-electron chi connectivity index (χ0n) is 6.66. The molecule has 0 aliphatic heterocycles. The van der Waals surface area contributed by atoms with Gasteiger partial charge in [0.15, 0.2) is 0 Å². The SMILES string of the molecule is [C]1=C\C=C/CCC/C=C\C=C/1. The lowest BCUT2D eigenvalue weighted by Crippen LogP contribution is -1.67. The van der Waals surface area contributed by atoms with E-state index in [1.54, 1.807) is 0 Å². The predicted octanol–water partition coefficient (Wildman–Crippen LogP) is 3.20. The smallest absolute Gasteiger partial charge is 0.0184 e. The maximum absolute atomic E-state index is 3.04. The molecule has 1 aliphatic rings. The van der Waals surface area contributed by atoms with Crippen LogP contribution in [0.4, 0.5) is 0 Å². The van der Waals surface area contributed by atoms with Gasteiger partial charge in [0.25, 0.3) is 0 Å². The first-order valence-electron chi connectivity index (χ1n) is 4.06. The van der Waals surface area contributed by atoms with E-state index in [9.17, 15) is 0 Å². The van der Waals surface area contributed by atoms with Gasteiger partial charge >= 0.3 is 0 Å². The van der Waals surface area contributed by atoms with Gasteiger partial charge in [-0.25, -0.2) is 0 Å². The molecule has 0 heterocycles. The van der Waals surface area contributed by atoms with Crippen LogP contribution < -0.4 is 0 Å². The van der Waals surface area contributed by atoms with Crippen LogP contribution in [0, 0.1) is 6.08 Å². The van der Waals surface area contributed by atoms with Gasteiger partial charge in [-0.1, -0.05) is 42.5 Å². The van der Waals surface area contributed by atoms with Crippen molar-refractivity contribution in [1.82, 2.24) is 0 Å². The van der Waals surface area contributed by atoms with Gasteiger partial charge in [0.05, 0.1) is 0 Å². The molecular formula is C11H13. The summed E-state index contributed by atoms with van der Waals surface area (Å²) in [5.41, 5.74) is 0. The van der Waals surface area contributed by atoms with Crippen molar-refractivity contribution in [1.29, 1.82) is 0 Å². The maximum atomic E-state index is 3.04. The lowest BCUT2D eigenvalue weighted by molar-refractivity contribution is 0.868. The first-order valence-corrected chi connectivity index (χ1v) is 4.06. The summed E-state index contributed by atoms with van der Waals surface area (Å²) in [6.07, 6.45) is 21.0. The van der Waals surface area contributed by atoms with Crippen LogP contribution in [-0.2, 0) is 0 Å². The molecule has 0 saturated heterocycles. The van der Waals surface area contributed by atoms with Gasteiger partial charge in [-0.15, -0.1) is 0 Å². The average molecular weight is 145 g/mol. The van der Waals surface area contributed by atoms with Crippen LogP contribution in [-0.4, -0.2) is 0 Å². The third kappa shape index (κ3) is 4.38. The fourth-order valence-electron chi connectivity index (χ4n) is 0.915. The molecule has 0 heteroatoms. The summed E-state index contributed by atoms with van der Waals surface area (Å²) in [4.78, 5) is 0. The molecule has 0 aromatic carbocycles. The highest BCUT2D eigenvalue weighted by molar-refractivity contribution is 5.11. The Hall–Kier alpha value is -1.04. The van der Waals surface area contributed by atoms with E-state index in [-0.39, 0.29) is 0 Å². The van der Waals surface area contributed by atoms with E-state index in [2.05, 4.69) is 30.4 Å². The molecule has 0 N–H and O–H groups in total. The Labute approximate surface area is 68.6 Å². The zero-order valence-corrected chi connectivity index (χ0v) is 6.66. The van der Waals surface area contributed by atoms with E-state index in [1.165, 1.54) is 19.3 Å². The molecule has 0 amide bonds. The van der Waals surface area contributed by atoms with Crippen LogP contribution in [0.25, 0.3) is 0 Å². The summed E-state index contributed by atoms with van der Waals surface area (Å²) in [7, 11) is 0. The minimum Gasteiger partial charge on any atom is -0.0845 e. The molecule has 0 fully saturated rings. The van der Waals surface area contributed by atoms with E-state index in [1.807, 2.05) is 18.2 Å². The van der Waals surface area contributed by atoms with Crippen molar-refractivity contribution in [3.8, 4) is 0 Å². The molecule has 0 bridgehead atoms. The summed E-state index contributed by atoms with van der Waals surface area (Å²) < 4.78 is 0. The van der Waals surface area contributed by atoms with E-state index in [0.717, 1.165) is 0 Å². The standard InChI is InChI=1S/C11H13/c1-2-4-6-8-10-11-9-7-5-3-1/h1-4,8,10-11H,5,7,9H2/b3-1-,4-2-,8-6?,11-10-. The third-order valence-electron chi connectivity index (χ3n) is 1.51. The monoisotopic (exact) mass is 145 g/mol. The van der Waals surface area contributed by atoms with Crippen molar-refractivity contribution < 1.29 is 0 Å². The number of hydrogen-bond donors (Lipinski definition) is 0. The van der Waals surface area contributed by atoms with Crippen LogP contribution in [0.5, 0.6) is 0 Å². The second-order valence-corrected chi connectivity index (χ2v) is 2.48. The first-order chi connectivity index (χ1) is 5.50. The van der Waals surface area contributed by atoms with Crippen LogP contribution in [0.15, 0.2) is 42.5 Å². The molecular weight excluding hydrogens is 132 g/mol. The quantitative estimate of drug-likeness (QED) is 0.491. The Kier molecular flexibility index (Phi) is 4.19. The Morgan fingerprint density at radius 3 is 2.64 bits per heavy atom. The molecule has 0 atom stereocenters. The van der Waals surface area contributed by atoms with Crippen molar-refractivity contribution in [2.24, 2.45) is 0 Å². The lowest BCUT2D eigenvalue weighted by atomic mass is 10.2. The van der Waals surface area contributed by atoms with E-state index in [0.29, 0.717) is 0 Å². The number of hydrogen-bond acceptors (Lipinski definition) is 0.